The number of fused-ring (bicyclic) bond motifs is 4. The summed E-state index contributed by atoms with van der Waals surface area (Å²) in [5.74, 6) is 0. The molecule has 0 aromatic heterocycles. The summed E-state index contributed by atoms with van der Waals surface area (Å²) in [5, 5.41) is 2.28. The first kappa shape index (κ1) is 27.6. The number of anilines is 3. The molecule has 0 unspecified atom stereocenters. The number of benzene rings is 11. The van der Waals surface area contributed by atoms with Gasteiger partial charge in [0.15, 0.2) is 0 Å². The first-order chi connectivity index (χ1) is 38.1. The minimum absolute atomic E-state index is 0.142. The Labute approximate surface area is 405 Å². The van der Waals surface area contributed by atoms with Gasteiger partial charge in [0.2, 0.25) is 0 Å². The third-order valence-electron chi connectivity index (χ3n) is 12.6. The van der Waals surface area contributed by atoms with Crippen LogP contribution in [0.25, 0.3) is 66.4 Å². The summed E-state index contributed by atoms with van der Waals surface area (Å²) in [6.45, 7) is 0. The topological polar surface area (TPSA) is 3.24 Å². The average Bonchev–Trinajstić information content (AvgIpc) is 3.36. The maximum atomic E-state index is 9.88. The number of hydrogen-bond donors (Lipinski definition) is 0. The van der Waals surface area contributed by atoms with Crippen LogP contribution in [0.4, 0.5) is 17.1 Å². The molecule has 0 radical (unpaired) electrons. The summed E-state index contributed by atoms with van der Waals surface area (Å²) in [4.78, 5) is 1.69. The molecular formula is C65H45N. The molecule has 1 nitrogen and oxygen atoms in total. The van der Waals surface area contributed by atoms with Crippen LogP contribution in [-0.4, -0.2) is 0 Å². The van der Waals surface area contributed by atoms with Crippen molar-refractivity contribution in [2.45, 2.75) is 5.41 Å². The van der Waals surface area contributed by atoms with E-state index in [-0.39, 0.29) is 5.69 Å². The van der Waals surface area contributed by atoms with Crippen molar-refractivity contribution in [3.63, 3.8) is 0 Å². The fraction of sp³-hybridized carbons (Fsp3) is 0.0154. The Morgan fingerprint density at radius 2 is 0.803 bits per heavy atom. The summed E-state index contributed by atoms with van der Waals surface area (Å²) in [5.41, 5.74) is 7.82. The highest BCUT2D eigenvalue weighted by atomic mass is 15.1. The highest BCUT2D eigenvalue weighted by Crippen LogP contribution is 2.57. The van der Waals surface area contributed by atoms with Crippen LogP contribution in [0.5, 0.6) is 0 Å². The third kappa shape index (κ3) is 6.81. The minimum atomic E-state index is -0.840. The van der Waals surface area contributed by atoms with Crippen molar-refractivity contribution in [2.24, 2.45) is 0 Å². The minimum Gasteiger partial charge on any atom is -0.310 e. The Bertz CT molecular complexity index is 4170. The molecule has 0 atom stereocenters. The van der Waals surface area contributed by atoms with Crippen molar-refractivity contribution < 1.29 is 17.8 Å². The van der Waals surface area contributed by atoms with Gasteiger partial charge in [-0.2, -0.15) is 0 Å². The lowest BCUT2D eigenvalue weighted by atomic mass is 9.67. The fourth-order valence-electron chi connectivity index (χ4n) is 9.51. The lowest BCUT2D eigenvalue weighted by molar-refractivity contribution is 0.768. The van der Waals surface area contributed by atoms with Gasteiger partial charge in [-0.15, -0.1) is 0 Å². The Morgan fingerprint density at radius 1 is 0.288 bits per heavy atom. The summed E-state index contributed by atoms with van der Waals surface area (Å²) >= 11 is 0. The van der Waals surface area contributed by atoms with Gasteiger partial charge < -0.3 is 4.90 Å². The molecule has 12 rings (SSSR count). The van der Waals surface area contributed by atoms with Gasteiger partial charge in [0, 0.05) is 17.1 Å². The molecule has 0 saturated carbocycles. The molecule has 0 N–H and O–H groups in total. The Morgan fingerprint density at radius 3 is 1.48 bits per heavy atom. The molecule has 0 fully saturated rings. The predicted octanol–water partition coefficient (Wildman–Crippen LogP) is 17.3. The highest BCUT2D eigenvalue weighted by Gasteiger charge is 2.46. The van der Waals surface area contributed by atoms with Gasteiger partial charge >= 0.3 is 0 Å². The van der Waals surface area contributed by atoms with Crippen LogP contribution < -0.4 is 4.90 Å². The van der Waals surface area contributed by atoms with Gasteiger partial charge in [-0.05, 0) is 137 Å². The van der Waals surface area contributed by atoms with Crippen LogP contribution in [0.1, 0.15) is 40.1 Å². The zero-order chi connectivity index (χ0) is 55.2. The molecule has 0 saturated heterocycles. The molecule has 0 amide bonds. The standard InChI is InChI=1S/C65H45N/c1-4-15-46(16-5-1)48-27-29-49(30-28-48)50-33-37-58(38-34-50)66(59-39-35-51(36-40-59)53-19-14-20-54(43-53)55-32-31-47-17-10-11-18-52(47)44-55)60-41-42-62-61-25-12-13-26-63(61)65(64(62)45-60,56-21-6-2-7-22-56)57-23-8-3-9-24-57/h1-45H/i1D,4D,5D,15D,16D,27D,28D,29D,30D,33D,34D,37D,38D. The zero-order valence-electron chi connectivity index (χ0n) is 48.4. The fourth-order valence-corrected chi connectivity index (χ4v) is 9.51. The lowest BCUT2D eigenvalue weighted by Crippen LogP contribution is -2.28. The Hall–Kier alpha value is -8.52. The van der Waals surface area contributed by atoms with E-state index < -0.39 is 106 Å². The van der Waals surface area contributed by atoms with Crippen LogP contribution >= 0.6 is 0 Å². The van der Waals surface area contributed by atoms with Crippen molar-refractivity contribution in [3.05, 3.63) is 295 Å². The Kier molecular flexibility index (Phi) is 6.93. The molecule has 1 aliphatic carbocycles. The largest absolute Gasteiger partial charge is 0.310 e. The van der Waals surface area contributed by atoms with Gasteiger partial charge in [0.05, 0.1) is 23.2 Å². The van der Waals surface area contributed by atoms with Gasteiger partial charge in [0.1, 0.15) is 0 Å². The van der Waals surface area contributed by atoms with E-state index in [9.17, 15) is 8.22 Å². The SMILES string of the molecule is [2H]c1c([2H])c([2H])c(-c2c([2H])c([2H])c(-c3c([2H])c([2H])c(N(c4ccc(-c5cccc(-c6ccc7ccccc7c6)c5)cc4)c4ccc5c(c4)C(c4ccccc4)(c4ccccc4)c4ccccc4-5)c([2H])c3[2H])c([2H])c2[2H])c([2H])c1[2H]. The van der Waals surface area contributed by atoms with Crippen LogP contribution in [0.3, 0.4) is 0 Å². The smallest absolute Gasteiger partial charge is 0.0714 e. The van der Waals surface area contributed by atoms with Crippen LogP contribution in [-0.2, 0) is 5.41 Å². The van der Waals surface area contributed by atoms with E-state index >= 15 is 0 Å². The predicted molar refractivity (Wildman–Crippen MR) is 278 cm³/mol. The third-order valence-corrected chi connectivity index (χ3v) is 12.6. The van der Waals surface area contributed by atoms with Gasteiger partial charge in [-0.25, -0.2) is 0 Å². The zero-order valence-corrected chi connectivity index (χ0v) is 35.4. The maximum absolute atomic E-state index is 9.88. The van der Waals surface area contributed by atoms with E-state index in [0.717, 1.165) is 66.4 Å². The lowest BCUT2D eigenvalue weighted by Gasteiger charge is -2.35. The second-order valence-corrected chi connectivity index (χ2v) is 16.3. The molecule has 0 aliphatic heterocycles. The summed E-state index contributed by atoms with van der Waals surface area (Å²) in [7, 11) is 0. The molecule has 0 bridgehead atoms. The number of nitrogens with zero attached hydrogens (tertiary/aromatic N) is 1. The van der Waals surface area contributed by atoms with Gasteiger partial charge in [0.25, 0.3) is 0 Å². The Balaban J connectivity index is 1.06. The van der Waals surface area contributed by atoms with Gasteiger partial charge in [-0.3, -0.25) is 0 Å². The summed E-state index contributed by atoms with van der Waals surface area (Å²) in [6, 6.07) is 56.2. The van der Waals surface area contributed by atoms with Crippen LogP contribution in [0.2, 0.25) is 0 Å². The van der Waals surface area contributed by atoms with E-state index in [4.69, 9.17) is 9.60 Å². The summed E-state index contributed by atoms with van der Waals surface area (Å²) in [6.07, 6.45) is 0. The first-order valence-corrected chi connectivity index (χ1v) is 21.8. The van der Waals surface area contributed by atoms with Crippen molar-refractivity contribution in [1.82, 2.24) is 0 Å². The van der Waals surface area contributed by atoms with Crippen molar-refractivity contribution in [3.8, 4) is 55.6 Å². The van der Waals surface area contributed by atoms with Crippen LogP contribution in [0.15, 0.2) is 273 Å². The average molecular weight is 853 g/mol. The number of rotatable bonds is 9. The normalized spacial score (nSPS) is 15.1. The van der Waals surface area contributed by atoms with Crippen molar-refractivity contribution in [1.29, 1.82) is 0 Å². The van der Waals surface area contributed by atoms with E-state index in [1.807, 2.05) is 109 Å². The second-order valence-electron chi connectivity index (χ2n) is 16.3. The first-order valence-electron chi connectivity index (χ1n) is 28.3. The molecule has 66 heavy (non-hydrogen) atoms. The number of hydrogen-bond acceptors (Lipinski definition) is 1. The van der Waals surface area contributed by atoms with Gasteiger partial charge in [-0.1, -0.05) is 224 Å². The van der Waals surface area contributed by atoms with E-state index in [1.54, 1.807) is 4.90 Å². The summed E-state index contributed by atoms with van der Waals surface area (Å²) < 4.78 is 118. The van der Waals surface area contributed by atoms with Crippen molar-refractivity contribution in [2.75, 3.05) is 4.90 Å². The molecule has 0 spiro atoms. The van der Waals surface area contributed by atoms with E-state index in [2.05, 4.69) is 84.9 Å². The highest BCUT2D eigenvalue weighted by molar-refractivity contribution is 5.91. The van der Waals surface area contributed by atoms with Crippen molar-refractivity contribution >= 4 is 27.8 Å². The molecular weight excluding hydrogens is 795 g/mol. The van der Waals surface area contributed by atoms with E-state index in [1.165, 1.54) is 0 Å². The van der Waals surface area contributed by atoms with Crippen LogP contribution in [0, 0.1) is 0 Å². The molecule has 11 aromatic rings. The molecule has 1 aliphatic rings. The quantitative estimate of drug-likeness (QED) is 0.140. The maximum Gasteiger partial charge on any atom is 0.0714 e. The molecule has 0 heterocycles. The monoisotopic (exact) mass is 852 g/mol. The second kappa shape index (κ2) is 16.6. The van der Waals surface area contributed by atoms with E-state index in [0.29, 0.717) is 11.4 Å². The molecule has 11 aromatic carbocycles. The molecule has 1 heteroatoms. The molecule has 310 valence electrons.